The zero-order chi connectivity index (χ0) is 8.27. The SMILES string of the molecule is COC(=O)CC(C)NC1CC1. The van der Waals surface area contributed by atoms with Crippen molar-refractivity contribution in [1.82, 2.24) is 5.32 Å². The summed E-state index contributed by atoms with van der Waals surface area (Å²) in [4.78, 5) is 10.8. The first-order valence-corrected chi connectivity index (χ1v) is 4.05. The molecule has 64 valence electrons. The smallest absolute Gasteiger partial charge is 0.307 e. The van der Waals surface area contributed by atoms with Crippen LogP contribution in [0.5, 0.6) is 0 Å². The third-order valence-corrected chi connectivity index (χ3v) is 1.80. The van der Waals surface area contributed by atoms with Crippen molar-refractivity contribution in [2.24, 2.45) is 0 Å². The molecule has 0 spiro atoms. The van der Waals surface area contributed by atoms with Gasteiger partial charge in [0.15, 0.2) is 0 Å². The van der Waals surface area contributed by atoms with E-state index >= 15 is 0 Å². The number of hydrogen-bond acceptors (Lipinski definition) is 3. The third-order valence-electron chi connectivity index (χ3n) is 1.80. The van der Waals surface area contributed by atoms with Crippen molar-refractivity contribution in [3.8, 4) is 0 Å². The third kappa shape index (κ3) is 3.37. The Balaban J connectivity index is 2.08. The van der Waals surface area contributed by atoms with E-state index in [1.54, 1.807) is 0 Å². The minimum absolute atomic E-state index is 0.134. The van der Waals surface area contributed by atoms with Gasteiger partial charge in [-0.2, -0.15) is 0 Å². The van der Waals surface area contributed by atoms with Crippen molar-refractivity contribution in [3.63, 3.8) is 0 Å². The fraction of sp³-hybridized carbons (Fsp3) is 0.875. The molecular weight excluding hydrogens is 142 g/mol. The van der Waals surface area contributed by atoms with Gasteiger partial charge in [0.25, 0.3) is 0 Å². The van der Waals surface area contributed by atoms with Gasteiger partial charge in [-0.3, -0.25) is 4.79 Å². The fourth-order valence-corrected chi connectivity index (χ4v) is 1.04. The van der Waals surface area contributed by atoms with Crippen LogP contribution >= 0.6 is 0 Å². The Morgan fingerprint density at radius 2 is 2.36 bits per heavy atom. The Labute approximate surface area is 67.1 Å². The fourth-order valence-electron chi connectivity index (χ4n) is 1.04. The number of ether oxygens (including phenoxy) is 1. The molecule has 3 heteroatoms. The molecule has 1 rings (SSSR count). The lowest BCUT2D eigenvalue weighted by atomic mass is 10.2. The summed E-state index contributed by atoms with van der Waals surface area (Å²) in [7, 11) is 1.42. The second-order valence-electron chi connectivity index (χ2n) is 3.12. The van der Waals surface area contributed by atoms with E-state index in [2.05, 4.69) is 10.1 Å². The van der Waals surface area contributed by atoms with Crippen LogP contribution in [-0.4, -0.2) is 25.2 Å². The first-order valence-electron chi connectivity index (χ1n) is 4.05. The first-order chi connectivity index (χ1) is 5.22. The van der Waals surface area contributed by atoms with Gasteiger partial charge in [0.2, 0.25) is 0 Å². The normalized spacial score (nSPS) is 19.5. The molecule has 1 atom stereocenters. The molecule has 1 unspecified atom stereocenters. The van der Waals surface area contributed by atoms with Crippen LogP contribution in [-0.2, 0) is 9.53 Å². The van der Waals surface area contributed by atoms with Crippen LogP contribution < -0.4 is 5.32 Å². The second-order valence-corrected chi connectivity index (χ2v) is 3.12. The van der Waals surface area contributed by atoms with Gasteiger partial charge in [0.1, 0.15) is 0 Å². The van der Waals surface area contributed by atoms with Crippen LogP contribution in [0.25, 0.3) is 0 Å². The zero-order valence-electron chi connectivity index (χ0n) is 7.09. The summed E-state index contributed by atoms with van der Waals surface area (Å²) in [6, 6.07) is 0.921. The van der Waals surface area contributed by atoms with Gasteiger partial charge in [0, 0.05) is 12.1 Å². The van der Waals surface area contributed by atoms with E-state index in [1.807, 2.05) is 6.92 Å². The number of carbonyl (C=O) groups excluding carboxylic acids is 1. The van der Waals surface area contributed by atoms with Crippen LogP contribution in [0.15, 0.2) is 0 Å². The maximum Gasteiger partial charge on any atom is 0.307 e. The molecule has 1 aliphatic carbocycles. The van der Waals surface area contributed by atoms with E-state index in [0.717, 1.165) is 0 Å². The van der Waals surface area contributed by atoms with E-state index in [1.165, 1.54) is 20.0 Å². The zero-order valence-corrected chi connectivity index (χ0v) is 7.09. The van der Waals surface area contributed by atoms with E-state index in [4.69, 9.17) is 0 Å². The van der Waals surface area contributed by atoms with Crippen LogP contribution in [0.3, 0.4) is 0 Å². The topological polar surface area (TPSA) is 38.3 Å². The van der Waals surface area contributed by atoms with Crippen molar-refractivity contribution in [3.05, 3.63) is 0 Å². The van der Waals surface area contributed by atoms with Gasteiger partial charge < -0.3 is 10.1 Å². The van der Waals surface area contributed by atoms with Gasteiger partial charge in [-0.1, -0.05) is 0 Å². The number of methoxy groups -OCH3 is 1. The molecule has 1 aliphatic rings. The highest BCUT2D eigenvalue weighted by molar-refractivity contribution is 5.69. The summed E-state index contributed by atoms with van der Waals surface area (Å²) in [5, 5.41) is 3.32. The Kier molecular flexibility index (Phi) is 2.88. The van der Waals surface area contributed by atoms with Gasteiger partial charge in [-0.25, -0.2) is 0 Å². The molecule has 0 aromatic heterocycles. The van der Waals surface area contributed by atoms with Crippen molar-refractivity contribution < 1.29 is 9.53 Å². The van der Waals surface area contributed by atoms with Crippen LogP contribution in [0.4, 0.5) is 0 Å². The average molecular weight is 157 g/mol. The Morgan fingerprint density at radius 1 is 1.73 bits per heavy atom. The minimum atomic E-state index is -0.134. The van der Waals surface area contributed by atoms with Gasteiger partial charge in [-0.05, 0) is 19.8 Å². The predicted molar refractivity (Wildman–Crippen MR) is 42.3 cm³/mol. The van der Waals surface area contributed by atoms with Crippen molar-refractivity contribution in [2.45, 2.75) is 38.3 Å². The molecule has 0 aliphatic heterocycles. The number of hydrogen-bond donors (Lipinski definition) is 1. The highest BCUT2D eigenvalue weighted by Gasteiger charge is 2.23. The molecule has 0 amide bonds. The molecule has 11 heavy (non-hydrogen) atoms. The van der Waals surface area contributed by atoms with E-state index in [9.17, 15) is 4.79 Å². The maximum atomic E-state index is 10.8. The lowest BCUT2D eigenvalue weighted by Gasteiger charge is -2.10. The van der Waals surface area contributed by atoms with E-state index in [-0.39, 0.29) is 12.0 Å². The summed E-state index contributed by atoms with van der Waals surface area (Å²) in [5.41, 5.74) is 0. The Hall–Kier alpha value is -0.570. The van der Waals surface area contributed by atoms with Gasteiger partial charge >= 0.3 is 5.97 Å². The summed E-state index contributed by atoms with van der Waals surface area (Å²) >= 11 is 0. The van der Waals surface area contributed by atoms with E-state index in [0.29, 0.717) is 12.5 Å². The van der Waals surface area contributed by atoms with E-state index < -0.39 is 0 Å². The molecule has 1 fully saturated rings. The number of esters is 1. The van der Waals surface area contributed by atoms with Crippen molar-refractivity contribution in [1.29, 1.82) is 0 Å². The van der Waals surface area contributed by atoms with Gasteiger partial charge in [-0.15, -0.1) is 0 Å². The summed E-state index contributed by atoms with van der Waals surface area (Å²) in [6.45, 7) is 2.01. The first kappa shape index (κ1) is 8.53. The average Bonchev–Trinajstić information content (AvgIpc) is 2.71. The van der Waals surface area contributed by atoms with Crippen LogP contribution in [0.2, 0.25) is 0 Å². The second kappa shape index (κ2) is 3.72. The Morgan fingerprint density at radius 3 is 2.82 bits per heavy atom. The van der Waals surface area contributed by atoms with Gasteiger partial charge in [0.05, 0.1) is 13.5 Å². The summed E-state index contributed by atoms with van der Waals surface area (Å²) < 4.78 is 4.54. The number of carbonyl (C=O) groups is 1. The molecule has 0 aromatic rings. The standard InChI is InChI=1S/C8H15NO2/c1-6(5-8(10)11-2)9-7-3-4-7/h6-7,9H,3-5H2,1-2H3. The molecular formula is C8H15NO2. The molecule has 0 heterocycles. The number of rotatable bonds is 4. The molecule has 1 saturated carbocycles. The predicted octanol–water partition coefficient (Wildman–Crippen LogP) is 0.690. The molecule has 3 nitrogen and oxygen atoms in total. The molecule has 0 saturated heterocycles. The molecule has 0 aromatic carbocycles. The monoisotopic (exact) mass is 157 g/mol. The Bertz CT molecular complexity index is 143. The number of nitrogens with one attached hydrogen (secondary N) is 1. The summed E-state index contributed by atoms with van der Waals surface area (Å²) in [6.07, 6.45) is 2.99. The summed E-state index contributed by atoms with van der Waals surface area (Å²) in [5.74, 6) is -0.134. The highest BCUT2D eigenvalue weighted by Crippen LogP contribution is 2.19. The molecule has 0 bridgehead atoms. The van der Waals surface area contributed by atoms with Crippen LogP contribution in [0.1, 0.15) is 26.2 Å². The molecule has 0 radical (unpaired) electrons. The maximum absolute atomic E-state index is 10.8. The quantitative estimate of drug-likeness (QED) is 0.610. The lowest BCUT2D eigenvalue weighted by Crippen LogP contribution is -2.30. The van der Waals surface area contributed by atoms with Crippen molar-refractivity contribution in [2.75, 3.05) is 7.11 Å². The highest BCUT2D eigenvalue weighted by atomic mass is 16.5. The van der Waals surface area contributed by atoms with Crippen molar-refractivity contribution >= 4 is 5.97 Å². The largest absolute Gasteiger partial charge is 0.469 e. The molecule has 1 N–H and O–H groups in total. The minimum Gasteiger partial charge on any atom is -0.469 e. The van der Waals surface area contributed by atoms with Crippen LogP contribution in [0, 0.1) is 0 Å². The lowest BCUT2D eigenvalue weighted by molar-refractivity contribution is -0.141.